The molecule has 2 atom stereocenters. The summed E-state index contributed by atoms with van der Waals surface area (Å²) in [5.74, 6) is -0.410. The van der Waals surface area contributed by atoms with Crippen LogP contribution in [0.5, 0.6) is 0 Å². The Morgan fingerprint density at radius 2 is 2.19 bits per heavy atom. The highest BCUT2D eigenvalue weighted by Crippen LogP contribution is 2.32. The molecule has 1 aliphatic rings. The third kappa shape index (κ3) is 3.08. The Morgan fingerprint density at radius 3 is 3.00 bits per heavy atom. The van der Waals surface area contributed by atoms with Gasteiger partial charge in [-0.25, -0.2) is 0 Å². The second-order valence-corrected chi connectivity index (χ2v) is 6.98. The second kappa shape index (κ2) is 6.89. The molecule has 134 valence electrons. The summed E-state index contributed by atoms with van der Waals surface area (Å²) >= 11 is 1.28. The van der Waals surface area contributed by atoms with Crippen molar-refractivity contribution in [3.05, 3.63) is 39.6 Å². The Labute approximate surface area is 152 Å². The Morgan fingerprint density at radius 1 is 1.35 bits per heavy atom. The third-order valence-corrected chi connectivity index (χ3v) is 5.14. The molecule has 0 radical (unpaired) electrons. The van der Waals surface area contributed by atoms with Gasteiger partial charge in [-0.05, 0) is 31.9 Å². The maximum atomic E-state index is 12.5. The normalized spacial score (nSPS) is 18.1. The summed E-state index contributed by atoms with van der Waals surface area (Å²) in [6.07, 6.45) is 1.85. The maximum Gasteiger partial charge on any atom is 0.278 e. The van der Waals surface area contributed by atoms with E-state index in [4.69, 9.17) is 4.74 Å². The zero-order valence-electron chi connectivity index (χ0n) is 14.0. The molecule has 0 unspecified atom stereocenters. The molecule has 2 aromatic heterocycles. The van der Waals surface area contributed by atoms with E-state index in [1.54, 1.807) is 31.2 Å². The van der Waals surface area contributed by atoms with E-state index < -0.39 is 11.9 Å². The molecular weight excluding hydrogens is 356 g/mol. The van der Waals surface area contributed by atoms with Crippen molar-refractivity contribution in [1.82, 2.24) is 25.2 Å². The first-order valence-electron chi connectivity index (χ1n) is 8.23. The summed E-state index contributed by atoms with van der Waals surface area (Å²) in [4.78, 5) is 25.0. The fraction of sp³-hybridized carbons (Fsp3) is 0.375. The van der Waals surface area contributed by atoms with E-state index in [1.165, 1.54) is 11.3 Å². The van der Waals surface area contributed by atoms with Crippen molar-refractivity contribution in [1.29, 1.82) is 0 Å². The summed E-state index contributed by atoms with van der Waals surface area (Å²) in [5.41, 5.74) is 0.127. The van der Waals surface area contributed by atoms with Crippen molar-refractivity contribution in [3.63, 3.8) is 0 Å². The minimum Gasteiger partial charge on any atom is -0.371 e. The van der Waals surface area contributed by atoms with E-state index in [9.17, 15) is 9.59 Å². The van der Waals surface area contributed by atoms with E-state index in [0.717, 1.165) is 22.5 Å². The predicted octanol–water partition coefficient (Wildman–Crippen LogP) is 1.69. The number of carbonyl (C=O) groups is 1. The third-order valence-electron chi connectivity index (χ3n) is 4.21. The molecule has 1 fully saturated rings. The van der Waals surface area contributed by atoms with Crippen LogP contribution < -0.4 is 10.9 Å². The fourth-order valence-corrected chi connectivity index (χ4v) is 3.59. The largest absolute Gasteiger partial charge is 0.371 e. The quantitative estimate of drug-likeness (QED) is 0.741. The highest BCUT2D eigenvalue weighted by molar-refractivity contribution is 7.15. The van der Waals surface area contributed by atoms with Gasteiger partial charge in [0, 0.05) is 6.61 Å². The van der Waals surface area contributed by atoms with Crippen LogP contribution in [0.3, 0.4) is 0 Å². The highest BCUT2D eigenvalue weighted by Gasteiger charge is 2.24. The summed E-state index contributed by atoms with van der Waals surface area (Å²) in [5, 5.41) is 20.1. The lowest BCUT2D eigenvalue weighted by Crippen LogP contribution is -2.34. The molecule has 1 aliphatic heterocycles. The Kier molecular flexibility index (Phi) is 4.43. The Bertz CT molecular complexity index is 1010. The molecule has 10 heteroatoms. The van der Waals surface area contributed by atoms with Gasteiger partial charge in [0.15, 0.2) is 0 Å². The van der Waals surface area contributed by atoms with Gasteiger partial charge in [0.25, 0.3) is 11.5 Å². The molecule has 26 heavy (non-hydrogen) atoms. The number of rotatable bonds is 4. The summed E-state index contributed by atoms with van der Waals surface area (Å²) < 4.78 is 6.63. The molecule has 0 spiro atoms. The van der Waals surface area contributed by atoms with Crippen LogP contribution >= 0.6 is 11.3 Å². The van der Waals surface area contributed by atoms with Crippen molar-refractivity contribution >= 4 is 33.3 Å². The zero-order valence-corrected chi connectivity index (χ0v) is 14.8. The summed E-state index contributed by atoms with van der Waals surface area (Å²) in [7, 11) is 0. The first-order valence-corrected chi connectivity index (χ1v) is 9.05. The molecule has 1 aromatic carbocycles. The van der Waals surface area contributed by atoms with Gasteiger partial charge in [-0.15, -0.1) is 15.3 Å². The standard InChI is InChI=1S/C16H16N6O3S/c1-9(22-15(24)10-5-2-3-6-11(10)18-21-22)13(23)17-16-20-19-14(26-16)12-7-4-8-25-12/h2-3,5-6,9,12H,4,7-8H2,1H3,(H,17,20,23)/t9-,12-/m0/s1. The van der Waals surface area contributed by atoms with E-state index >= 15 is 0 Å². The SMILES string of the molecule is C[C@@H](C(=O)Nc1nnc([C@@H]2CCCO2)s1)n1nnc2ccccc2c1=O. The van der Waals surface area contributed by atoms with Crippen molar-refractivity contribution in [2.75, 3.05) is 11.9 Å². The van der Waals surface area contributed by atoms with Crippen molar-refractivity contribution in [3.8, 4) is 0 Å². The van der Waals surface area contributed by atoms with Crippen LogP contribution in [0.15, 0.2) is 29.1 Å². The van der Waals surface area contributed by atoms with Gasteiger partial charge in [-0.2, -0.15) is 4.68 Å². The number of nitrogens with one attached hydrogen (secondary N) is 1. The van der Waals surface area contributed by atoms with E-state index in [-0.39, 0.29) is 11.7 Å². The van der Waals surface area contributed by atoms with E-state index in [2.05, 4.69) is 25.8 Å². The molecule has 0 aliphatic carbocycles. The number of amides is 1. The number of ether oxygens (including phenoxy) is 1. The number of nitrogens with zero attached hydrogens (tertiary/aromatic N) is 5. The van der Waals surface area contributed by atoms with Crippen LogP contribution in [0.2, 0.25) is 0 Å². The summed E-state index contributed by atoms with van der Waals surface area (Å²) in [6.45, 7) is 2.30. The van der Waals surface area contributed by atoms with Crippen LogP contribution in [0, 0.1) is 0 Å². The zero-order chi connectivity index (χ0) is 18.1. The van der Waals surface area contributed by atoms with Gasteiger partial charge in [-0.1, -0.05) is 28.7 Å². The van der Waals surface area contributed by atoms with Gasteiger partial charge >= 0.3 is 0 Å². The van der Waals surface area contributed by atoms with Gasteiger partial charge < -0.3 is 4.74 Å². The number of fused-ring (bicyclic) bond motifs is 1. The molecule has 1 N–H and O–H groups in total. The molecule has 1 amide bonds. The first kappa shape index (κ1) is 16.7. The van der Waals surface area contributed by atoms with Gasteiger partial charge in [-0.3, -0.25) is 14.9 Å². The molecule has 0 bridgehead atoms. The van der Waals surface area contributed by atoms with Crippen molar-refractivity contribution < 1.29 is 9.53 Å². The molecular formula is C16H16N6O3S. The molecule has 3 aromatic rings. The van der Waals surface area contributed by atoms with Crippen LogP contribution in [-0.2, 0) is 9.53 Å². The molecule has 3 heterocycles. The fourth-order valence-electron chi connectivity index (χ4n) is 2.76. The molecule has 9 nitrogen and oxygen atoms in total. The first-order chi connectivity index (χ1) is 12.6. The number of benzene rings is 1. The van der Waals surface area contributed by atoms with Gasteiger partial charge in [0.05, 0.1) is 5.39 Å². The predicted molar refractivity (Wildman–Crippen MR) is 95.0 cm³/mol. The van der Waals surface area contributed by atoms with E-state index in [1.807, 2.05) is 0 Å². The topological polar surface area (TPSA) is 112 Å². The maximum absolute atomic E-state index is 12.5. The smallest absolute Gasteiger partial charge is 0.278 e. The van der Waals surface area contributed by atoms with Crippen LogP contribution in [-0.4, -0.2) is 37.7 Å². The Balaban J connectivity index is 1.53. The lowest BCUT2D eigenvalue weighted by Gasteiger charge is -2.12. The summed E-state index contributed by atoms with van der Waals surface area (Å²) in [6, 6.07) is 6.04. The number of carbonyl (C=O) groups excluding carboxylic acids is 1. The number of hydrogen-bond acceptors (Lipinski definition) is 8. The number of aromatic nitrogens is 5. The minimum atomic E-state index is -0.838. The number of anilines is 1. The van der Waals surface area contributed by atoms with Crippen LogP contribution in [0.4, 0.5) is 5.13 Å². The average Bonchev–Trinajstić information content (AvgIpc) is 3.33. The lowest BCUT2D eigenvalue weighted by atomic mass is 10.2. The van der Waals surface area contributed by atoms with Gasteiger partial charge in [0.2, 0.25) is 5.13 Å². The van der Waals surface area contributed by atoms with E-state index in [0.29, 0.717) is 22.6 Å². The molecule has 4 rings (SSSR count). The lowest BCUT2D eigenvalue weighted by molar-refractivity contribution is -0.119. The number of hydrogen-bond donors (Lipinski definition) is 1. The minimum absolute atomic E-state index is 0.0513. The molecule has 0 saturated carbocycles. The molecule has 1 saturated heterocycles. The monoisotopic (exact) mass is 372 g/mol. The highest BCUT2D eigenvalue weighted by atomic mass is 32.1. The van der Waals surface area contributed by atoms with Crippen molar-refractivity contribution in [2.45, 2.75) is 31.9 Å². The van der Waals surface area contributed by atoms with Crippen LogP contribution in [0.25, 0.3) is 10.9 Å². The average molecular weight is 372 g/mol. The van der Waals surface area contributed by atoms with Gasteiger partial charge in [0.1, 0.15) is 22.7 Å². The second-order valence-electron chi connectivity index (χ2n) is 5.97. The Hall–Kier alpha value is -2.72. The van der Waals surface area contributed by atoms with Crippen LogP contribution in [0.1, 0.15) is 36.9 Å². The van der Waals surface area contributed by atoms with Crippen molar-refractivity contribution in [2.24, 2.45) is 0 Å².